The van der Waals surface area contributed by atoms with E-state index in [2.05, 4.69) is 16.7 Å². The van der Waals surface area contributed by atoms with E-state index in [1.165, 1.54) is 5.56 Å². The van der Waals surface area contributed by atoms with Crippen molar-refractivity contribution in [3.8, 4) is 0 Å². The van der Waals surface area contributed by atoms with Crippen molar-refractivity contribution in [2.24, 2.45) is 0 Å². The Labute approximate surface area is 125 Å². The van der Waals surface area contributed by atoms with Crippen molar-refractivity contribution < 1.29 is 9.59 Å². The first-order valence-electron chi connectivity index (χ1n) is 7.40. The molecule has 21 heavy (non-hydrogen) atoms. The molecule has 2 rings (SSSR count). The van der Waals surface area contributed by atoms with Gasteiger partial charge >= 0.3 is 6.03 Å². The van der Waals surface area contributed by atoms with E-state index in [1.54, 1.807) is 6.92 Å². The van der Waals surface area contributed by atoms with E-state index in [9.17, 15) is 9.59 Å². The number of carbonyl (C=O) groups is 2. The number of rotatable bonds is 4. The molecule has 1 aromatic rings. The SMILES string of the molecule is CC(=O)N1CC(CCNC(=O)NC(C)C)c2ccccc21. The molecule has 1 aliphatic rings. The zero-order chi connectivity index (χ0) is 15.4. The second-order valence-electron chi connectivity index (χ2n) is 5.73. The van der Waals surface area contributed by atoms with Crippen molar-refractivity contribution in [3.05, 3.63) is 29.8 Å². The highest BCUT2D eigenvalue weighted by Gasteiger charge is 2.29. The van der Waals surface area contributed by atoms with E-state index >= 15 is 0 Å². The fraction of sp³-hybridized carbons (Fsp3) is 0.500. The minimum Gasteiger partial charge on any atom is -0.338 e. The van der Waals surface area contributed by atoms with E-state index < -0.39 is 0 Å². The molecule has 0 saturated carbocycles. The summed E-state index contributed by atoms with van der Waals surface area (Å²) >= 11 is 0. The molecule has 1 unspecified atom stereocenters. The third-order valence-corrected chi connectivity index (χ3v) is 3.65. The third kappa shape index (κ3) is 3.74. The van der Waals surface area contributed by atoms with Crippen LogP contribution in [0.4, 0.5) is 10.5 Å². The Morgan fingerprint density at radius 3 is 2.71 bits per heavy atom. The number of carbonyl (C=O) groups excluding carboxylic acids is 2. The van der Waals surface area contributed by atoms with Gasteiger partial charge in [0.1, 0.15) is 0 Å². The summed E-state index contributed by atoms with van der Waals surface area (Å²) in [6, 6.07) is 7.98. The molecule has 0 bridgehead atoms. The lowest BCUT2D eigenvalue weighted by molar-refractivity contribution is -0.116. The Kier molecular flexibility index (Phi) is 4.83. The maximum absolute atomic E-state index is 11.7. The number of nitrogens with one attached hydrogen (secondary N) is 2. The Bertz CT molecular complexity index is 528. The van der Waals surface area contributed by atoms with Crippen molar-refractivity contribution in [2.75, 3.05) is 18.0 Å². The summed E-state index contributed by atoms with van der Waals surface area (Å²) in [4.78, 5) is 25.1. The predicted octanol–water partition coefficient (Wildman–Crippen LogP) is 2.23. The van der Waals surface area contributed by atoms with Gasteiger partial charge in [-0.25, -0.2) is 4.79 Å². The second kappa shape index (κ2) is 6.61. The molecule has 0 radical (unpaired) electrons. The highest BCUT2D eigenvalue weighted by Crippen LogP contribution is 2.37. The van der Waals surface area contributed by atoms with Gasteiger partial charge in [-0.15, -0.1) is 0 Å². The van der Waals surface area contributed by atoms with Crippen molar-refractivity contribution >= 4 is 17.6 Å². The lowest BCUT2D eigenvalue weighted by atomic mass is 9.98. The molecule has 0 fully saturated rings. The molecular formula is C16H23N3O2. The Morgan fingerprint density at radius 2 is 2.05 bits per heavy atom. The van der Waals surface area contributed by atoms with Gasteiger partial charge in [-0.3, -0.25) is 4.79 Å². The fourth-order valence-corrected chi connectivity index (χ4v) is 2.71. The standard InChI is InChI=1S/C16H23N3O2/c1-11(2)18-16(21)17-9-8-13-10-19(12(3)20)15-7-5-4-6-14(13)15/h4-7,11,13H,8-10H2,1-3H3,(H2,17,18,21). The van der Waals surface area contributed by atoms with Gasteiger partial charge in [0.05, 0.1) is 0 Å². The van der Waals surface area contributed by atoms with Crippen molar-refractivity contribution in [3.63, 3.8) is 0 Å². The first-order valence-corrected chi connectivity index (χ1v) is 7.40. The minimum atomic E-state index is -0.139. The van der Waals surface area contributed by atoms with Gasteiger partial charge in [0, 0.05) is 37.7 Å². The number of amides is 3. The van der Waals surface area contributed by atoms with Crippen LogP contribution in [0.2, 0.25) is 0 Å². The van der Waals surface area contributed by atoms with Crippen LogP contribution >= 0.6 is 0 Å². The van der Waals surface area contributed by atoms with Crippen molar-refractivity contribution in [1.29, 1.82) is 0 Å². The summed E-state index contributed by atoms with van der Waals surface area (Å²) in [5, 5.41) is 5.66. The molecule has 2 N–H and O–H groups in total. The molecular weight excluding hydrogens is 266 g/mol. The quantitative estimate of drug-likeness (QED) is 0.893. The molecule has 0 aromatic heterocycles. The average molecular weight is 289 g/mol. The number of nitrogens with zero attached hydrogens (tertiary/aromatic N) is 1. The second-order valence-corrected chi connectivity index (χ2v) is 5.73. The Balaban J connectivity index is 1.93. The van der Waals surface area contributed by atoms with Gasteiger partial charge in [-0.1, -0.05) is 18.2 Å². The highest BCUT2D eigenvalue weighted by molar-refractivity contribution is 5.94. The average Bonchev–Trinajstić information content (AvgIpc) is 2.77. The Hall–Kier alpha value is -2.04. The molecule has 0 spiro atoms. The molecule has 3 amide bonds. The summed E-state index contributed by atoms with van der Waals surface area (Å²) in [6.45, 7) is 6.74. The maximum Gasteiger partial charge on any atom is 0.314 e. The Morgan fingerprint density at radius 1 is 1.33 bits per heavy atom. The monoisotopic (exact) mass is 289 g/mol. The maximum atomic E-state index is 11.7. The van der Waals surface area contributed by atoms with Crippen LogP contribution in [0.5, 0.6) is 0 Å². The topological polar surface area (TPSA) is 61.4 Å². The van der Waals surface area contributed by atoms with Crippen molar-refractivity contribution in [2.45, 2.75) is 39.2 Å². The highest BCUT2D eigenvalue weighted by atomic mass is 16.2. The van der Waals surface area contributed by atoms with E-state index in [-0.39, 0.29) is 23.9 Å². The molecule has 0 aliphatic carbocycles. The molecule has 1 aliphatic heterocycles. The molecule has 114 valence electrons. The van der Waals surface area contributed by atoms with Gasteiger partial charge in [-0.05, 0) is 31.9 Å². The van der Waals surface area contributed by atoms with E-state index in [1.807, 2.05) is 36.9 Å². The zero-order valence-electron chi connectivity index (χ0n) is 12.8. The van der Waals surface area contributed by atoms with Crippen LogP contribution in [0.15, 0.2) is 24.3 Å². The number of hydrogen-bond acceptors (Lipinski definition) is 2. The van der Waals surface area contributed by atoms with E-state index in [0.717, 1.165) is 12.1 Å². The molecule has 5 nitrogen and oxygen atoms in total. The summed E-state index contributed by atoms with van der Waals surface area (Å²) in [6.07, 6.45) is 0.826. The number of fused-ring (bicyclic) bond motifs is 1. The van der Waals surface area contributed by atoms with Crippen LogP contribution in [0.1, 0.15) is 38.7 Å². The summed E-state index contributed by atoms with van der Waals surface area (Å²) in [5.41, 5.74) is 2.19. The number of anilines is 1. The van der Waals surface area contributed by atoms with Crippen LogP contribution in [0, 0.1) is 0 Å². The van der Waals surface area contributed by atoms with Crippen LogP contribution in [-0.2, 0) is 4.79 Å². The van der Waals surface area contributed by atoms with Gasteiger partial charge in [0.25, 0.3) is 0 Å². The van der Waals surface area contributed by atoms with Crippen LogP contribution in [0.3, 0.4) is 0 Å². The zero-order valence-corrected chi connectivity index (χ0v) is 12.8. The van der Waals surface area contributed by atoms with Gasteiger partial charge in [-0.2, -0.15) is 0 Å². The summed E-state index contributed by atoms with van der Waals surface area (Å²) < 4.78 is 0. The number of benzene rings is 1. The smallest absolute Gasteiger partial charge is 0.314 e. The van der Waals surface area contributed by atoms with Crippen LogP contribution in [-0.4, -0.2) is 31.1 Å². The molecule has 0 saturated heterocycles. The van der Waals surface area contributed by atoms with Gasteiger partial charge in [0.15, 0.2) is 0 Å². The molecule has 1 aromatic carbocycles. The van der Waals surface area contributed by atoms with Crippen molar-refractivity contribution in [1.82, 2.24) is 10.6 Å². The molecule has 5 heteroatoms. The third-order valence-electron chi connectivity index (χ3n) is 3.65. The van der Waals surface area contributed by atoms with Crippen LogP contribution in [0.25, 0.3) is 0 Å². The molecule has 1 heterocycles. The fourth-order valence-electron chi connectivity index (χ4n) is 2.71. The normalized spacial score (nSPS) is 16.8. The van der Waals surface area contributed by atoms with E-state index in [4.69, 9.17) is 0 Å². The lowest BCUT2D eigenvalue weighted by Crippen LogP contribution is -2.40. The van der Waals surface area contributed by atoms with Gasteiger partial charge < -0.3 is 15.5 Å². The number of urea groups is 1. The predicted molar refractivity (Wildman–Crippen MR) is 83.5 cm³/mol. The minimum absolute atomic E-state index is 0.0652. The number of hydrogen-bond donors (Lipinski definition) is 2. The first kappa shape index (κ1) is 15.4. The van der Waals surface area contributed by atoms with Crippen LogP contribution < -0.4 is 15.5 Å². The van der Waals surface area contributed by atoms with E-state index in [0.29, 0.717) is 13.1 Å². The number of para-hydroxylation sites is 1. The largest absolute Gasteiger partial charge is 0.338 e. The summed E-state index contributed by atoms with van der Waals surface area (Å²) in [7, 11) is 0. The first-order chi connectivity index (χ1) is 9.99. The lowest BCUT2D eigenvalue weighted by Gasteiger charge is -2.15. The molecule has 1 atom stereocenters. The van der Waals surface area contributed by atoms with Gasteiger partial charge in [0.2, 0.25) is 5.91 Å². The summed E-state index contributed by atoms with van der Waals surface area (Å²) in [5.74, 6) is 0.347.